The van der Waals surface area contributed by atoms with Crippen molar-refractivity contribution in [2.24, 2.45) is 0 Å². The molecule has 0 N–H and O–H groups in total. The minimum absolute atomic E-state index is 0.113. The number of pyridine rings is 1. The average molecular weight is 163 g/mol. The number of hydrogen-bond donors (Lipinski definition) is 0. The van der Waals surface area contributed by atoms with Gasteiger partial charge in [0.1, 0.15) is 5.69 Å². The molecule has 1 aromatic heterocycles. The van der Waals surface area contributed by atoms with Gasteiger partial charge in [-0.1, -0.05) is 6.92 Å². The normalized spacial score (nSPS) is 9.92. The highest BCUT2D eigenvalue weighted by atomic mass is 16.1. The predicted octanol–water partition coefficient (Wildman–Crippen LogP) is 2.29. The lowest BCUT2D eigenvalue weighted by Crippen LogP contribution is -2.01. The van der Waals surface area contributed by atoms with Gasteiger partial charge in [0.2, 0.25) is 0 Å². The number of carbonyl (C=O) groups is 1. The molecule has 64 valence electrons. The van der Waals surface area contributed by atoms with E-state index in [1.54, 1.807) is 0 Å². The van der Waals surface area contributed by atoms with Gasteiger partial charge in [0.25, 0.3) is 0 Å². The van der Waals surface area contributed by atoms with Crippen LogP contribution >= 0.6 is 0 Å². The number of nitrogens with zero attached hydrogens (tertiary/aromatic N) is 1. The van der Waals surface area contributed by atoms with Crippen LogP contribution in [0, 0.1) is 13.8 Å². The molecule has 2 heteroatoms. The maximum atomic E-state index is 11.3. The molecule has 0 bridgehead atoms. The third-order valence-corrected chi connectivity index (χ3v) is 1.70. The second-order valence-corrected chi connectivity index (χ2v) is 2.95. The van der Waals surface area contributed by atoms with Crippen LogP contribution in [-0.4, -0.2) is 10.8 Å². The van der Waals surface area contributed by atoms with Gasteiger partial charge in [0.15, 0.2) is 5.78 Å². The smallest absolute Gasteiger partial charge is 0.180 e. The molecule has 0 aliphatic heterocycles. The Kier molecular flexibility index (Phi) is 2.58. The summed E-state index contributed by atoms with van der Waals surface area (Å²) in [5.41, 5.74) is 2.60. The molecule has 12 heavy (non-hydrogen) atoms. The number of aromatic nitrogens is 1. The number of hydrogen-bond acceptors (Lipinski definition) is 2. The Balaban J connectivity index is 3.08. The summed E-state index contributed by atoms with van der Waals surface area (Å²) >= 11 is 0. The molecule has 1 rings (SSSR count). The van der Waals surface area contributed by atoms with Gasteiger partial charge in [-0.25, -0.2) is 0 Å². The van der Waals surface area contributed by atoms with Crippen LogP contribution in [-0.2, 0) is 0 Å². The second kappa shape index (κ2) is 3.48. The Morgan fingerprint density at radius 1 is 1.42 bits per heavy atom. The van der Waals surface area contributed by atoms with E-state index in [0.717, 1.165) is 11.3 Å². The fourth-order valence-corrected chi connectivity index (χ4v) is 1.17. The SMILES string of the molecule is CCC(=O)c1cc(C)cc(C)n1. The highest BCUT2D eigenvalue weighted by Crippen LogP contribution is 2.06. The first-order valence-electron chi connectivity index (χ1n) is 4.12. The monoisotopic (exact) mass is 163 g/mol. The van der Waals surface area contributed by atoms with E-state index in [-0.39, 0.29) is 5.78 Å². The van der Waals surface area contributed by atoms with Crippen LogP contribution < -0.4 is 0 Å². The van der Waals surface area contributed by atoms with E-state index in [2.05, 4.69) is 4.98 Å². The van der Waals surface area contributed by atoms with E-state index >= 15 is 0 Å². The van der Waals surface area contributed by atoms with Gasteiger partial charge in [0, 0.05) is 12.1 Å². The van der Waals surface area contributed by atoms with Crippen molar-refractivity contribution in [3.05, 3.63) is 29.1 Å². The lowest BCUT2D eigenvalue weighted by Gasteiger charge is -2.00. The standard InChI is InChI=1S/C10H13NO/c1-4-10(12)9-6-7(2)5-8(3)11-9/h5-6H,4H2,1-3H3. The molecule has 0 radical (unpaired) electrons. The lowest BCUT2D eigenvalue weighted by atomic mass is 10.1. The van der Waals surface area contributed by atoms with Crippen LogP contribution in [0.4, 0.5) is 0 Å². The number of aryl methyl sites for hydroxylation is 2. The molecule has 0 fully saturated rings. The van der Waals surface area contributed by atoms with Crippen molar-refractivity contribution < 1.29 is 4.79 Å². The summed E-state index contributed by atoms with van der Waals surface area (Å²) in [5.74, 6) is 0.113. The van der Waals surface area contributed by atoms with Crippen molar-refractivity contribution in [2.45, 2.75) is 27.2 Å². The largest absolute Gasteiger partial charge is 0.292 e. The van der Waals surface area contributed by atoms with Gasteiger partial charge in [-0.15, -0.1) is 0 Å². The molecule has 0 unspecified atom stereocenters. The van der Waals surface area contributed by atoms with Gasteiger partial charge < -0.3 is 0 Å². The first-order valence-corrected chi connectivity index (χ1v) is 4.12. The second-order valence-electron chi connectivity index (χ2n) is 2.95. The third kappa shape index (κ3) is 1.91. The maximum Gasteiger partial charge on any atom is 0.180 e. The fraction of sp³-hybridized carbons (Fsp3) is 0.400. The Hall–Kier alpha value is -1.18. The molecule has 1 aromatic rings. The Bertz CT molecular complexity index is 284. The summed E-state index contributed by atoms with van der Waals surface area (Å²) in [6, 6.07) is 3.80. The molecule has 2 nitrogen and oxygen atoms in total. The van der Waals surface area contributed by atoms with Crippen LogP contribution in [0.2, 0.25) is 0 Å². The highest BCUT2D eigenvalue weighted by Gasteiger charge is 2.04. The summed E-state index contributed by atoms with van der Waals surface area (Å²) < 4.78 is 0. The molecule has 0 amide bonds. The van der Waals surface area contributed by atoms with Crippen molar-refractivity contribution in [1.29, 1.82) is 0 Å². The molecule has 0 atom stereocenters. The van der Waals surface area contributed by atoms with Gasteiger partial charge in [-0.3, -0.25) is 9.78 Å². The van der Waals surface area contributed by atoms with E-state index < -0.39 is 0 Å². The summed E-state index contributed by atoms with van der Waals surface area (Å²) in [5, 5.41) is 0. The quantitative estimate of drug-likeness (QED) is 0.626. The number of ketones is 1. The van der Waals surface area contributed by atoms with Crippen molar-refractivity contribution in [1.82, 2.24) is 4.98 Å². The highest BCUT2D eigenvalue weighted by molar-refractivity contribution is 5.94. The zero-order chi connectivity index (χ0) is 9.14. The van der Waals surface area contributed by atoms with Crippen molar-refractivity contribution in [3.63, 3.8) is 0 Å². The van der Waals surface area contributed by atoms with Gasteiger partial charge >= 0.3 is 0 Å². The lowest BCUT2D eigenvalue weighted by molar-refractivity contribution is 0.0983. The van der Waals surface area contributed by atoms with Crippen LogP contribution in [0.15, 0.2) is 12.1 Å². The molecular weight excluding hydrogens is 150 g/mol. The third-order valence-electron chi connectivity index (χ3n) is 1.70. The summed E-state index contributed by atoms with van der Waals surface area (Å²) in [6.45, 7) is 5.72. The molecule has 0 aromatic carbocycles. The summed E-state index contributed by atoms with van der Waals surface area (Å²) in [4.78, 5) is 15.4. The molecule has 0 aliphatic carbocycles. The van der Waals surface area contributed by atoms with Crippen LogP contribution in [0.25, 0.3) is 0 Å². The van der Waals surface area contributed by atoms with Crippen LogP contribution in [0.3, 0.4) is 0 Å². The van der Waals surface area contributed by atoms with Gasteiger partial charge in [-0.05, 0) is 31.5 Å². The van der Waals surface area contributed by atoms with Crippen molar-refractivity contribution in [3.8, 4) is 0 Å². The minimum atomic E-state index is 0.113. The van der Waals surface area contributed by atoms with Crippen LogP contribution in [0.1, 0.15) is 35.1 Å². The number of Topliss-reactive ketones (excluding diaryl/α,β-unsaturated/α-hetero) is 1. The summed E-state index contributed by atoms with van der Waals surface area (Å²) in [7, 11) is 0. The average Bonchev–Trinajstić information content (AvgIpc) is 2.01. The van der Waals surface area contributed by atoms with E-state index in [9.17, 15) is 4.79 Å². The Morgan fingerprint density at radius 2 is 2.08 bits per heavy atom. The van der Waals surface area contributed by atoms with E-state index in [1.165, 1.54) is 0 Å². The number of rotatable bonds is 2. The van der Waals surface area contributed by atoms with Crippen LogP contribution in [0.5, 0.6) is 0 Å². The molecule has 0 spiro atoms. The Morgan fingerprint density at radius 3 is 2.58 bits per heavy atom. The summed E-state index contributed by atoms with van der Waals surface area (Å²) in [6.07, 6.45) is 0.524. The molecule has 0 saturated carbocycles. The van der Waals surface area contributed by atoms with E-state index in [1.807, 2.05) is 32.9 Å². The van der Waals surface area contributed by atoms with Crippen molar-refractivity contribution in [2.75, 3.05) is 0 Å². The van der Waals surface area contributed by atoms with E-state index in [4.69, 9.17) is 0 Å². The minimum Gasteiger partial charge on any atom is -0.292 e. The molecular formula is C10H13NO. The van der Waals surface area contributed by atoms with Gasteiger partial charge in [-0.2, -0.15) is 0 Å². The predicted molar refractivity (Wildman–Crippen MR) is 48.3 cm³/mol. The zero-order valence-electron chi connectivity index (χ0n) is 7.72. The first-order chi connectivity index (χ1) is 5.63. The zero-order valence-corrected chi connectivity index (χ0v) is 7.72. The molecule has 0 saturated heterocycles. The maximum absolute atomic E-state index is 11.3. The topological polar surface area (TPSA) is 30.0 Å². The fourth-order valence-electron chi connectivity index (χ4n) is 1.17. The van der Waals surface area contributed by atoms with Gasteiger partial charge in [0.05, 0.1) is 0 Å². The molecule has 1 heterocycles. The number of carbonyl (C=O) groups excluding carboxylic acids is 1. The molecule has 0 aliphatic rings. The van der Waals surface area contributed by atoms with Crippen molar-refractivity contribution >= 4 is 5.78 Å². The Labute approximate surface area is 72.6 Å². The first kappa shape index (κ1) is 8.91. The van der Waals surface area contributed by atoms with E-state index in [0.29, 0.717) is 12.1 Å².